The van der Waals surface area contributed by atoms with Crippen molar-refractivity contribution in [3.8, 4) is 0 Å². The molecule has 17 heavy (non-hydrogen) atoms. The Kier molecular flexibility index (Phi) is 3.17. The van der Waals surface area contributed by atoms with E-state index < -0.39 is 0 Å². The Morgan fingerprint density at radius 2 is 2.47 bits per heavy atom. The minimum atomic E-state index is -0.305. The van der Waals surface area contributed by atoms with Gasteiger partial charge in [-0.25, -0.2) is 0 Å². The first kappa shape index (κ1) is 11.3. The van der Waals surface area contributed by atoms with Crippen LogP contribution >= 0.6 is 0 Å². The van der Waals surface area contributed by atoms with Gasteiger partial charge in [0, 0.05) is 6.42 Å². The van der Waals surface area contributed by atoms with Crippen LogP contribution in [0.1, 0.15) is 41.8 Å². The van der Waals surface area contributed by atoms with E-state index in [0.29, 0.717) is 23.6 Å². The largest absolute Gasteiger partial charge is 0.469 e. The number of hydrogen-bond acceptors (Lipinski definition) is 5. The standard InChI is InChI=1S/C10H13N5O2/c1-3-8-7(4-5-17-8)10(16)11-6(2)9-12-14-15-13-9/h4-6H,3H2,1-2H3,(H,11,16)(H,12,13,14,15). The zero-order valence-electron chi connectivity index (χ0n) is 9.60. The fourth-order valence-corrected chi connectivity index (χ4v) is 1.51. The summed E-state index contributed by atoms with van der Waals surface area (Å²) in [4.78, 5) is 11.9. The maximum atomic E-state index is 11.9. The lowest BCUT2D eigenvalue weighted by Gasteiger charge is -2.09. The van der Waals surface area contributed by atoms with Gasteiger partial charge in [0.2, 0.25) is 0 Å². The molecule has 0 fully saturated rings. The van der Waals surface area contributed by atoms with Gasteiger partial charge in [-0.05, 0) is 13.0 Å². The first-order valence-corrected chi connectivity index (χ1v) is 5.33. The summed E-state index contributed by atoms with van der Waals surface area (Å²) in [7, 11) is 0. The second-order valence-corrected chi connectivity index (χ2v) is 3.58. The molecule has 1 amide bonds. The van der Waals surface area contributed by atoms with Crippen molar-refractivity contribution in [2.45, 2.75) is 26.3 Å². The molecule has 7 nitrogen and oxygen atoms in total. The average molecular weight is 235 g/mol. The van der Waals surface area contributed by atoms with E-state index in [1.807, 2.05) is 6.92 Å². The van der Waals surface area contributed by atoms with Gasteiger partial charge in [0.1, 0.15) is 5.76 Å². The zero-order valence-corrected chi connectivity index (χ0v) is 9.60. The molecule has 0 saturated heterocycles. The maximum absolute atomic E-state index is 11.9. The molecule has 1 unspecified atom stereocenters. The second-order valence-electron chi connectivity index (χ2n) is 3.58. The third-order valence-corrected chi connectivity index (χ3v) is 2.41. The summed E-state index contributed by atoms with van der Waals surface area (Å²) in [6.45, 7) is 3.71. The summed E-state index contributed by atoms with van der Waals surface area (Å²) in [5, 5.41) is 16.2. The molecule has 90 valence electrons. The van der Waals surface area contributed by atoms with Crippen LogP contribution in [0.25, 0.3) is 0 Å². The topological polar surface area (TPSA) is 96.7 Å². The summed E-state index contributed by atoms with van der Waals surface area (Å²) >= 11 is 0. The van der Waals surface area contributed by atoms with Crippen molar-refractivity contribution in [1.29, 1.82) is 0 Å². The molecule has 7 heteroatoms. The van der Waals surface area contributed by atoms with Crippen LogP contribution in [0.15, 0.2) is 16.7 Å². The SMILES string of the molecule is CCc1occc1C(=O)NC(C)c1nn[nH]n1. The van der Waals surface area contributed by atoms with Gasteiger partial charge in [-0.3, -0.25) is 4.79 Å². The maximum Gasteiger partial charge on any atom is 0.255 e. The molecule has 0 aromatic carbocycles. The molecule has 0 bridgehead atoms. The molecule has 0 aliphatic heterocycles. The number of nitrogens with one attached hydrogen (secondary N) is 2. The minimum Gasteiger partial charge on any atom is -0.469 e. The van der Waals surface area contributed by atoms with Crippen LogP contribution in [0.4, 0.5) is 0 Å². The van der Waals surface area contributed by atoms with Crippen molar-refractivity contribution in [3.63, 3.8) is 0 Å². The monoisotopic (exact) mass is 235 g/mol. The van der Waals surface area contributed by atoms with E-state index in [2.05, 4.69) is 25.9 Å². The lowest BCUT2D eigenvalue weighted by Crippen LogP contribution is -2.27. The molecule has 2 rings (SSSR count). The lowest BCUT2D eigenvalue weighted by atomic mass is 10.2. The van der Waals surface area contributed by atoms with Crippen molar-refractivity contribution in [2.24, 2.45) is 0 Å². The van der Waals surface area contributed by atoms with Gasteiger partial charge in [-0.1, -0.05) is 12.1 Å². The van der Waals surface area contributed by atoms with Crippen LogP contribution < -0.4 is 5.32 Å². The van der Waals surface area contributed by atoms with Gasteiger partial charge in [0.15, 0.2) is 5.82 Å². The highest BCUT2D eigenvalue weighted by molar-refractivity contribution is 5.95. The van der Waals surface area contributed by atoms with E-state index >= 15 is 0 Å². The van der Waals surface area contributed by atoms with Crippen molar-refractivity contribution in [3.05, 3.63) is 29.5 Å². The fourth-order valence-electron chi connectivity index (χ4n) is 1.51. The number of rotatable bonds is 4. The van der Waals surface area contributed by atoms with Gasteiger partial charge in [0.25, 0.3) is 5.91 Å². The summed E-state index contributed by atoms with van der Waals surface area (Å²) in [6.07, 6.45) is 2.18. The first-order chi connectivity index (χ1) is 8.22. The fraction of sp³-hybridized carbons (Fsp3) is 0.400. The molecule has 2 heterocycles. The Morgan fingerprint density at radius 1 is 1.65 bits per heavy atom. The third kappa shape index (κ3) is 2.32. The summed E-state index contributed by atoms with van der Waals surface area (Å²) in [5.41, 5.74) is 0.544. The average Bonchev–Trinajstić information content (AvgIpc) is 2.99. The number of nitrogens with zero attached hydrogens (tertiary/aromatic N) is 3. The molecule has 2 aromatic heterocycles. The number of H-pyrrole nitrogens is 1. The number of amides is 1. The summed E-state index contributed by atoms with van der Waals surface area (Å²) in [6, 6.07) is 1.35. The Hall–Kier alpha value is -2.18. The van der Waals surface area contributed by atoms with E-state index in [0.717, 1.165) is 0 Å². The van der Waals surface area contributed by atoms with Gasteiger partial charge >= 0.3 is 0 Å². The van der Waals surface area contributed by atoms with Gasteiger partial charge < -0.3 is 9.73 Å². The van der Waals surface area contributed by atoms with E-state index in [4.69, 9.17) is 4.42 Å². The van der Waals surface area contributed by atoms with Crippen LogP contribution in [-0.2, 0) is 6.42 Å². The van der Waals surface area contributed by atoms with Crippen molar-refractivity contribution in [1.82, 2.24) is 25.9 Å². The van der Waals surface area contributed by atoms with Crippen LogP contribution in [0.5, 0.6) is 0 Å². The highest BCUT2D eigenvalue weighted by atomic mass is 16.3. The Balaban J connectivity index is 2.07. The second kappa shape index (κ2) is 4.77. The Labute approximate surface area is 97.6 Å². The van der Waals surface area contributed by atoms with Gasteiger partial charge in [0.05, 0.1) is 17.9 Å². The molecule has 1 atom stereocenters. The van der Waals surface area contributed by atoms with Crippen LogP contribution in [-0.4, -0.2) is 26.5 Å². The molecular formula is C10H13N5O2. The van der Waals surface area contributed by atoms with Crippen LogP contribution in [0.3, 0.4) is 0 Å². The normalized spacial score (nSPS) is 12.4. The quantitative estimate of drug-likeness (QED) is 0.818. The van der Waals surface area contributed by atoms with E-state index in [1.54, 1.807) is 13.0 Å². The lowest BCUT2D eigenvalue weighted by molar-refractivity contribution is 0.0936. The number of carbonyl (C=O) groups is 1. The number of furan rings is 1. The van der Waals surface area contributed by atoms with E-state index in [1.165, 1.54) is 6.26 Å². The smallest absolute Gasteiger partial charge is 0.255 e. The number of hydrogen-bond donors (Lipinski definition) is 2. The number of aromatic amines is 1. The Morgan fingerprint density at radius 3 is 3.12 bits per heavy atom. The number of carbonyl (C=O) groups excluding carboxylic acids is 1. The highest BCUT2D eigenvalue weighted by Crippen LogP contribution is 2.13. The van der Waals surface area contributed by atoms with Crippen LogP contribution in [0.2, 0.25) is 0 Å². The Bertz CT molecular complexity index is 491. The predicted octanol–water partition coefficient (Wildman–Crippen LogP) is 0.846. The van der Waals surface area contributed by atoms with Gasteiger partial charge in [-0.2, -0.15) is 5.21 Å². The third-order valence-electron chi connectivity index (χ3n) is 2.41. The molecule has 0 aliphatic carbocycles. The van der Waals surface area contributed by atoms with Gasteiger partial charge in [-0.15, -0.1) is 10.2 Å². The number of aryl methyl sites for hydroxylation is 1. The first-order valence-electron chi connectivity index (χ1n) is 5.33. The number of aromatic nitrogens is 4. The molecule has 0 saturated carbocycles. The molecule has 0 aliphatic rings. The molecule has 0 spiro atoms. The summed E-state index contributed by atoms with van der Waals surface area (Å²) in [5.74, 6) is 0.913. The highest BCUT2D eigenvalue weighted by Gasteiger charge is 2.18. The molecule has 0 radical (unpaired) electrons. The zero-order chi connectivity index (χ0) is 12.3. The predicted molar refractivity (Wildman–Crippen MR) is 58.1 cm³/mol. The van der Waals surface area contributed by atoms with Crippen molar-refractivity contribution >= 4 is 5.91 Å². The minimum absolute atomic E-state index is 0.201. The van der Waals surface area contributed by atoms with E-state index in [9.17, 15) is 4.79 Å². The molecule has 2 N–H and O–H groups in total. The molecular weight excluding hydrogens is 222 g/mol. The van der Waals surface area contributed by atoms with E-state index in [-0.39, 0.29) is 11.9 Å². The number of tetrazole rings is 1. The summed E-state index contributed by atoms with van der Waals surface area (Å²) < 4.78 is 5.20. The van der Waals surface area contributed by atoms with Crippen molar-refractivity contribution < 1.29 is 9.21 Å². The molecule has 2 aromatic rings. The van der Waals surface area contributed by atoms with Crippen molar-refractivity contribution in [2.75, 3.05) is 0 Å². The van der Waals surface area contributed by atoms with Crippen LogP contribution in [0, 0.1) is 0 Å².